The molecular weight excluding hydrogens is 310 g/mol. The Morgan fingerprint density at radius 2 is 2.08 bits per heavy atom. The maximum absolute atomic E-state index is 12.6. The van der Waals surface area contributed by atoms with E-state index in [4.69, 9.17) is 9.84 Å². The second-order valence-electron chi connectivity index (χ2n) is 7.48. The highest BCUT2D eigenvalue weighted by molar-refractivity contribution is 5.74. The normalized spacial score (nSPS) is 31.1. The monoisotopic (exact) mass is 341 g/mol. The zero-order valence-electron chi connectivity index (χ0n) is 15.0. The molecule has 0 radical (unpaired) electrons. The molecule has 0 bridgehead atoms. The van der Waals surface area contributed by atoms with Crippen molar-refractivity contribution in [3.8, 4) is 0 Å². The number of rotatable bonds is 5. The summed E-state index contributed by atoms with van der Waals surface area (Å²) in [6.45, 7) is 6.56. The van der Waals surface area contributed by atoms with E-state index in [0.717, 1.165) is 18.8 Å². The largest absolute Gasteiger partial charge is 0.480 e. The van der Waals surface area contributed by atoms with Crippen molar-refractivity contribution in [2.75, 3.05) is 39.8 Å². The third kappa shape index (κ3) is 5.63. The van der Waals surface area contributed by atoms with Gasteiger partial charge in [0, 0.05) is 25.7 Å². The number of nitrogens with zero attached hydrogens (tertiary/aromatic N) is 2. The highest BCUT2D eigenvalue weighted by Crippen LogP contribution is 2.28. The molecule has 1 aliphatic heterocycles. The Morgan fingerprint density at radius 3 is 2.75 bits per heavy atom. The molecule has 0 spiro atoms. The summed E-state index contributed by atoms with van der Waals surface area (Å²) in [5, 5.41) is 12.0. The number of likely N-dealkylation sites (N-methyl/N-ethyl adjacent to an activating group) is 1. The summed E-state index contributed by atoms with van der Waals surface area (Å²) < 4.78 is 5.68. The lowest BCUT2D eigenvalue weighted by Gasteiger charge is -2.38. The summed E-state index contributed by atoms with van der Waals surface area (Å²) in [5.74, 6) is 0.394. The lowest BCUT2D eigenvalue weighted by atomic mass is 9.80. The number of aliphatic carboxylic acids is 1. The van der Waals surface area contributed by atoms with Crippen LogP contribution in [0.1, 0.15) is 33.1 Å². The number of carbonyl (C=O) groups excluding carboxylic acids is 1. The van der Waals surface area contributed by atoms with Gasteiger partial charge in [-0.2, -0.15) is 0 Å². The van der Waals surface area contributed by atoms with Crippen molar-refractivity contribution < 1.29 is 19.4 Å². The average molecular weight is 341 g/mol. The second-order valence-corrected chi connectivity index (χ2v) is 7.48. The van der Waals surface area contributed by atoms with E-state index in [9.17, 15) is 9.59 Å². The van der Waals surface area contributed by atoms with Crippen molar-refractivity contribution in [3.05, 3.63) is 0 Å². The standard InChI is InChI=1S/C17H31N3O4/c1-12-4-5-15(13(2)8-12)18-17(23)20-6-7-24-14(10-20)9-19(3)11-16(21)22/h12-15H,4-11H2,1-3H3,(H,18,23)(H,21,22). The Balaban J connectivity index is 1.80. The van der Waals surface area contributed by atoms with Crippen molar-refractivity contribution >= 4 is 12.0 Å². The molecule has 7 nitrogen and oxygen atoms in total. The highest BCUT2D eigenvalue weighted by atomic mass is 16.5. The smallest absolute Gasteiger partial charge is 0.317 e. The zero-order valence-corrected chi connectivity index (χ0v) is 15.0. The van der Waals surface area contributed by atoms with Crippen LogP contribution in [-0.4, -0.2) is 78.9 Å². The fourth-order valence-corrected chi connectivity index (χ4v) is 3.79. The molecule has 4 atom stereocenters. The minimum absolute atomic E-state index is 0.0180. The van der Waals surface area contributed by atoms with Gasteiger partial charge in [-0.05, 0) is 38.1 Å². The van der Waals surface area contributed by atoms with Crippen LogP contribution in [0.4, 0.5) is 4.79 Å². The number of carbonyl (C=O) groups is 2. The Hall–Kier alpha value is -1.34. The van der Waals surface area contributed by atoms with Gasteiger partial charge in [0.05, 0.1) is 19.3 Å². The van der Waals surface area contributed by atoms with E-state index in [1.54, 1.807) is 16.8 Å². The quantitative estimate of drug-likeness (QED) is 0.786. The first-order valence-electron chi connectivity index (χ1n) is 8.92. The SMILES string of the molecule is CC1CCC(NC(=O)N2CCOC(CN(C)CC(=O)O)C2)C(C)C1. The number of carboxylic acid groups (broad SMARTS) is 1. The summed E-state index contributed by atoms with van der Waals surface area (Å²) in [5.41, 5.74) is 0. The van der Waals surface area contributed by atoms with Gasteiger partial charge < -0.3 is 20.1 Å². The van der Waals surface area contributed by atoms with Crippen LogP contribution in [0.25, 0.3) is 0 Å². The summed E-state index contributed by atoms with van der Waals surface area (Å²) in [6.07, 6.45) is 3.23. The van der Waals surface area contributed by atoms with Crippen molar-refractivity contribution in [2.45, 2.75) is 45.3 Å². The van der Waals surface area contributed by atoms with E-state index >= 15 is 0 Å². The van der Waals surface area contributed by atoms with E-state index < -0.39 is 5.97 Å². The number of amides is 2. The number of hydrogen-bond donors (Lipinski definition) is 2. The summed E-state index contributed by atoms with van der Waals surface area (Å²) in [4.78, 5) is 26.8. The fourth-order valence-electron chi connectivity index (χ4n) is 3.79. The van der Waals surface area contributed by atoms with Gasteiger partial charge >= 0.3 is 12.0 Å². The molecule has 0 aromatic rings. The van der Waals surface area contributed by atoms with Crippen molar-refractivity contribution in [1.82, 2.24) is 15.1 Å². The third-order valence-corrected chi connectivity index (χ3v) is 5.09. The molecule has 2 aliphatic rings. The highest BCUT2D eigenvalue weighted by Gasteiger charge is 2.30. The van der Waals surface area contributed by atoms with Gasteiger partial charge in [0.15, 0.2) is 0 Å². The topological polar surface area (TPSA) is 82.1 Å². The maximum Gasteiger partial charge on any atom is 0.317 e. The zero-order chi connectivity index (χ0) is 17.7. The third-order valence-electron chi connectivity index (χ3n) is 5.09. The Labute approximate surface area is 144 Å². The van der Waals surface area contributed by atoms with Crippen LogP contribution < -0.4 is 5.32 Å². The molecule has 1 saturated carbocycles. The molecule has 1 saturated heterocycles. The molecule has 1 heterocycles. The molecule has 2 amide bonds. The predicted molar refractivity (Wildman–Crippen MR) is 90.9 cm³/mol. The molecule has 2 fully saturated rings. The lowest BCUT2D eigenvalue weighted by Crippen LogP contribution is -2.55. The predicted octanol–water partition coefficient (Wildman–Crippen LogP) is 1.24. The first kappa shape index (κ1) is 19.0. The van der Waals surface area contributed by atoms with Gasteiger partial charge in [-0.1, -0.05) is 13.8 Å². The van der Waals surface area contributed by atoms with Crippen LogP contribution in [-0.2, 0) is 9.53 Å². The van der Waals surface area contributed by atoms with Crippen LogP contribution in [0.15, 0.2) is 0 Å². The number of urea groups is 1. The Kier molecular flexibility index (Phi) is 6.86. The van der Waals surface area contributed by atoms with Crippen molar-refractivity contribution in [1.29, 1.82) is 0 Å². The van der Waals surface area contributed by atoms with Crippen molar-refractivity contribution in [2.24, 2.45) is 11.8 Å². The number of nitrogens with one attached hydrogen (secondary N) is 1. The maximum atomic E-state index is 12.6. The summed E-state index contributed by atoms with van der Waals surface area (Å²) in [6, 6.07) is 0.236. The molecule has 4 unspecified atom stereocenters. The van der Waals surface area contributed by atoms with Crippen LogP contribution >= 0.6 is 0 Å². The fraction of sp³-hybridized carbons (Fsp3) is 0.882. The molecule has 2 N–H and O–H groups in total. The molecule has 1 aliphatic carbocycles. The van der Waals surface area contributed by atoms with E-state index in [2.05, 4.69) is 19.2 Å². The van der Waals surface area contributed by atoms with E-state index in [-0.39, 0.29) is 24.7 Å². The van der Waals surface area contributed by atoms with Gasteiger partial charge in [0.1, 0.15) is 0 Å². The lowest BCUT2D eigenvalue weighted by molar-refractivity contribution is -0.138. The molecule has 7 heteroatoms. The van der Waals surface area contributed by atoms with Gasteiger partial charge in [-0.25, -0.2) is 4.79 Å². The Bertz CT molecular complexity index is 446. The minimum Gasteiger partial charge on any atom is -0.480 e. The number of carboxylic acids is 1. The Morgan fingerprint density at radius 1 is 1.33 bits per heavy atom. The molecule has 0 aromatic heterocycles. The summed E-state index contributed by atoms with van der Waals surface area (Å²) in [7, 11) is 1.75. The van der Waals surface area contributed by atoms with E-state index in [0.29, 0.717) is 32.2 Å². The van der Waals surface area contributed by atoms with Gasteiger partial charge in [0.25, 0.3) is 0 Å². The molecule has 0 aromatic carbocycles. The van der Waals surface area contributed by atoms with Gasteiger partial charge in [-0.3, -0.25) is 9.69 Å². The average Bonchev–Trinajstić information content (AvgIpc) is 2.49. The second kappa shape index (κ2) is 8.67. The first-order valence-corrected chi connectivity index (χ1v) is 8.92. The minimum atomic E-state index is -0.858. The molecular formula is C17H31N3O4. The summed E-state index contributed by atoms with van der Waals surface area (Å²) >= 11 is 0. The molecule has 24 heavy (non-hydrogen) atoms. The van der Waals surface area contributed by atoms with Crippen LogP contribution in [0.3, 0.4) is 0 Å². The van der Waals surface area contributed by atoms with Crippen LogP contribution in [0.5, 0.6) is 0 Å². The van der Waals surface area contributed by atoms with E-state index in [1.807, 2.05) is 0 Å². The van der Waals surface area contributed by atoms with Crippen LogP contribution in [0, 0.1) is 11.8 Å². The number of hydrogen-bond acceptors (Lipinski definition) is 4. The molecule has 2 rings (SSSR count). The molecule has 138 valence electrons. The van der Waals surface area contributed by atoms with Gasteiger partial charge in [0.2, 0.25) is 0 Å². The number of ether oxygens (including phenoxy) is 1. The first-order chi connectivity index (χ1) is 11.3. The van der Waals surface area contributed by atoms with Crippen LogP contribution in [0.2, 0.25) is 0 Å². The van der Waals surface area contributed by atoms with Gasteiger partial charge in [-0.15, -0.1) is 0 Å². The van der Waals surface area contributed by atoms with Crippen molar-refractivity contribution in [3.63, 3.8) is 0 Å². The number of morpholine rings is 1. The van der Waals surface area contributed by atoms with E-state index in [1.165, 1.54) is 6.42 Å².